The van der Waals surface area contributed by atoms with Crippen LogP contribution in [0.3, 0.4) is 0 Å². The molecular formula is C15H24N2O2. The number of aryl methyl sites for hydroxylation is 1. The Morgan fingerprint density at radius 3 is 2.74 bits per heavy atom. The minimum Gasteiger partial charge on any atom is -0.483 e. The Kier molecular flexibility index (Phi) is 5.67. The molecule has 0 fully saturated rings. The van der Waals surface area contributed by atoms with Crippen molar-refractivity contribution in [3.63, 3.8) is 0 Å². The fraction of sp³-hybridized carbons (Fsp3) is 0.533. The molecule has 0 saturated heterocycles. The maximum absolute atomic E-state index is 11.7. The van der Waals surface area contributed by atoms with Gasteiger partial charge in [0.05, 0.1) is 0 Å². The molecule has 0 aliphatic heterocycles. The second-order valence-corrected chi connectivity index (χ2v) is 4.97. The van der Waals surface area contributed by atoms with Crippen LogP contribution in [0.15, 0.2) is 12.1 Å². The summed E-state index contributed by atoms with van der Waals surface area (Å²) in [6.45, 7) is 7.96. The summed E-state index contributed by atoms with van der Waals surface area (Å²) in [5, 5.41) is 2.91. The Morgan fingerprint density at radius 2 is 2.11 bits per heavy atom. The number of nitrogen functional groups attached to an aromatic ring is 1. The maximum atomic E-state index is 11.7. The zero-order chi connectivity index (χ0) is 14.4. The number of hydrogen-bond donors (Lipinski definition) is 2. The van der Waals surface area contributed by atoms with Crippen LogP contribution >= 0.6 is 0 Å². The zero-order valence-electron chi connectivity index (χ0n) is 12.2. The van der Waals surface area contributed by atoms with Crippen molar-refractivity contribution in [3.05, 3.63) is 23.3 Å². The monoisotopic (exact) mass is 264 g/mol. The highest BCUT2D eigenvalue weighted by Crippen LogP contribution is 2.27. The lowest BCUT2D eigenvalue weighted by molar-refractivity contribution is -0.123. The largest absolute Gasteiger partial charge is 0.483 e. The van der Waals surface area contributed by atoms with Crippen LogP contribution in [0.2, 0.25) is 0 Å². The van der Waals surface area contributed by atoms with Crippen LogP contribution < -0.4 is 15.8 Å². The maximum Gasteiger partial charge on any atom is 0.258 e. The minimum absolute atomic E-state index is 0.0270. The summed E-state index contributed by atoms with van der Waals surface area (Å²) >= 11 is 0. The van der Waals surface area contributed by atoms with Gasteiger partial charge in [-0.2, -0.15) is 0 Å². The fourth-order valence-corrected chi connectivity index (χ4v) is 2.02. The van der Waals surface area contributed by atoms with Crippen molar-refractivity contribution < 1.29 is 9.53 Å². The number of amides is 1. The SMILES string of the molecule is CCCC(C)NC(=O)COc1c(C)ccc(N)c1C. The highest BCUT2D eigenvalue weighted by atomic mass is 16.5. The Hall–Kier alpha value is -1.71. The summed E-state index contributed by atoms with van der Waals surface area (Å²) in [5.74, 6) is 0.612. The third-order valence-corrected chi connectivity index (χ3v) is 3.12. The van der Waals surface area contributed by atoms with E-state index in [1.807, 2.05) is 32.9 Å². The van der Waals surface area contributed by atoms with Gasteiger partial charge in [0.25, 0.3) is 5.91 Å². The molecule has 1 rings (SSSR count). The quantitative estimate of drug-likeness (QED) is 0.776. The normalized spacial score (nSPS) is 12.0. The number of ether oxygens (including phenoxy) is 1. The Balaban J connectivity index is 2.58. The van der Waals surface area contributed by atoms with Gasteiger partial charge in [-0.3, -0.25) is 4.79 Å². The van der Waals surface area contributed by atoms with Gasteiger partial charge >= 0.3 is 0 Å². The molecule has 0 heterocycles. The van der Waals surface area contributed by atoms with Gasteiger partial charge in [0.2, 0.25) is 0 Å². The summed E-state index contributed by atoms with van der Waals surface area (Å²) in [6, 6.07) is 3.93. The van der Waals surface area contributed by atoms with E-state index in [-0.39, 0.29) is 18.6 Å². The Labute approximate surface area is 115 Å². The number of anilines is 1. The Morgan fingerprint density at radius 1 is 1.42 bits per heavy atom. The predicted octanol–water partition coefficient (Wildman–Crippen LogP) is 2.57. The first-order valence-corrected chi connectivity index (χ1v) is 6.73. The topological polar surface area (TPSA) is 64.3 Å². The van der Waals surface area contributed by atoms with E-state index in [0.29, 0.717) is 11.4 Å². The number of hydrogen-bond acceptors (Lipinski definition) is 3. The molecule has 0 aromatic heterocycles. The number of rotatable bonds is 6. The fourth-order valence-electron chi connectivity index (χ4n) is 2.02. The van der Waals surface area contributed by atoms with Crippen LogP contribution in [0, 0.1) is 13.8 Å². The summed E-state index contributed by atoms with van der Waals surface area (Å²) in [4.78, 5) is 11.7. The highest BCUT2D eigenvalue weighted by molar-refractivity contribution is 5.78. The zero-order valence-corrected chi connectivity index (χ0v) is 12.2. The van der Waals surface area contributed by atoms with Crippen LogP contribution in [0.1, 0.15) is 37.8 Å². The van der Waals surface area contributed by atoms with E-state index in [1.165, 1.54) is 0 Å². The molecule has 0 radical (unpaired) electrons. The van der Waals surface area contributed by atoms with Gasteiger partial charge in [-0.15, -0.1) is 0 Å². The molecule has 0 saturated carbocycles. The number of carbonyl (C=O) groups excluding carboxylic acids is 1. The molecule has 0 aliphatic carbocycles. The highest BCUT2D eigenvalue weighted by Gasteiger charge is 2.11. The van der Waals surface area contributed by atoms with Crippen molar-refractivity contribution >= 4 is 11.6 Å². The average molecular weight is 264 g/mol. The van der Waals surface area contributed by atoms with Gasteiger partial charge in [-0.1, -0.05) is 19.4 Å². The lowest BCUT2D eigenvalue weighted by Crippen LogP contribution is -2.36. The van der Waals surface area contributed by atoms with Crippen molar-refractivity contribution in [1.82, 2.24) is 5.32 Å². The van der Waals surface area contributed by atoms with Crippen molar-refractivity contribution in [2.45, 2.75) is 46.6 Å². The van der Waals surface area contributed by atoms with Crippen molar-refractivity contribution in [1.29, 1.82) is 0 Å². The van der Waals surface area contributed by atoms with Crippen LogP contribution in [0.4, 0.5) is 5.69 Å². The van der Waals surface area contributed by atoms with E-state index in [1.54, 1.807) is 0 Å². The first kappa shape index (κ1) is 15.3. The summed E-state index contributed by atoms with van der Waals surface area (Å²) in [7, 11) is 0. The summed E-state index contributed by atoms with van der Waals surface area (Å²) in [6.07, 6.45) is 2.03. The number of nitrogens with one attached hydrogen (secondary N) is 1. The molecule has 1 aromatic rings. The molecule has 106 valence electrons. The van der Waals surface area contributed by atoms with Gasteiger partial charge in [-0.25, -0.2) is 0 Å². The van der Waals surface area contributed by atoms with Crippen molar-refractivity contribution in [2.24, 2.45) is 0 Å². The van der Waals surface area contributed by atoms with E-state index in [2.05, 4.69) is 12.2 Å². The Bertz CT molecular complexity index is 444. The first-order valence-electron chi connectivity index (χ1n) is 6.73. The molecule has 0 bridgehead atoms. The predicted molar refractivity (Wildman–Crippen MR) is 78.3 cm³/mol. The number of benzene rings is 1. The molecule has 1 aromatic carbocycles. The molecule has 0 spiro atoms. The minimum atomic E-state index is -0.0952. The van der Waals surface area contributed by atoms with Gasteiger partial charge < -0.3 is 15.8 Å². The molecule has 3 N–H and O–H groups in total. The number of carbonyl (C=O) groups is 1. The molecule has 1 unspecified atom stereocenters. The van der Waals surface area contributed by atoms with Gasteiger partial charge in [0, 0.05) is 17.3 Å². The first-order chi connectivity index (χ1) is 8.95. The van der Waals surface area contributed by atoms with Crippen LogP contribution in [-0.2, 0) is 4.79 Å². The molecule has 4 heteroatoms. The summed E-state index contributed by atoms with van der Waals surface area (Å²) < 4.78 is 5.60. The lowest BCUT2D eigenvalue weighted by atomic mass is 10.1. The standard InChI is InChI=1S/C15H24N2O2/c1-5-6-11(3)17-14(18)9-19-15-10(2)7-8-13(16)12(15)4/h7-8,11H,5-6,9,16H2,1-4H3,(H,17,18). The van der Waals surface area contributed by atoms with Crippen LogP contribution in [-0.4, -0.2) is 18.6 Å². The summed E-state index contributed by atoms with van der Waals surface area (Å²) in [5.41, 5.74) is 8.39. The third-order valence-electron chi connectivity index (χ3n) is 3.12. The second-order valence-electron chi connectivity index (χ2n) is 4.97. The van der Waals surface area contributed by atoms with Crippen LogP contribution in [0.25, 0.3) is 0 Å². The molecule has 4 nitrogen and oxygen atoms in total. The van der Waals surface area contributed by atoms with E-state index in [4.69, 9.17) is 10.5 Å². The van der Waals surface area contributed by atoms with Crippen molar-refractivity contribution in [3.8, 4) is 5.75 Å². The van der Waals surface area contributed by atoms with E-state index < -0.39 is 0 Å². The van der Waals surface area contributed by atoms with Crippen molar-refractivity contribution in [2.75, 3.05) is 12.3 Å². The average Bonchev–Trinajstić information content (AvgIpc) is 2.34. The molecule has 1 amide bonds. The van der Waals surface area contributed by atoms with Gasteiger partial charge in [0.15, 0.2) is 6.61 Å². The molecule has 1 atom stereocenters. The van der Waals surface area contributed by atoms with E-state index in [0.717, 1.165) is 24.0 Å². The van der Waals surface area contributed by atoms with E-state index >= 15 is 0 Å². The molecule has 19 heavy (non-hydrogen) atoms. The molecular weight excluding hydrogens is 240 g/mol. The van der Waals surface area contributed by atoms with Gasteiger partial charge in [0.1, 0.15) is 5.75 Å². The molecule has 0 aliphatic rings. The number of nitrogens with two attached hydrogens (primary N) is 1. The second kappa shape index (κ2) is 7.02. The van der Waals surface area contributed by atoms with Gasteiger partial charge in [-0.05, 0) is 38.8 Å². The lowest BCUT2D eigenvalue weighted by Gasteiger charge is -2.16. The van der Waals surface area contributed by atoms with E-state index in [9.17, 15) is 4.79 Å². The smallest absolute Gasteiger partial charge is 0.258 e. The van der Waals surface area contributed by atoms with Crippen LogP contribution in [0.5, 0.6) is 5.75 Å². The third kappa shape index (κ3) is 4.47.